The van der Waals surface area contributed by atoms with Crippen LogP contribution in [0.15, 0.2) is 12.1 Å². The van der Waals surface area contributed by atoms with Crippen LogP contribution < -0.4 is 5.32 Å². The lowest BCUT2D eigenvalue weighted by molar-refractivity contribution is 0.176. The Morgan fingerprint density at radius 3 is 2.64 bits per heavy atom. The lowest BCUT2D eigenvalue weighted by atomic mass is 9.97. The van der Waals surface area contributed by atoms with Gasteiger partial charge in [0.2, 0.25) is 0 Å². The van der Waals surface area contributed by atoms with Crippen molar-refractivity contribution in [1.29, 1.82) is 0 Å². The Bertz CT molecular complexity index is 325. The van der Waals surface area contributed by atoms with Gasteiger partial charge in [0.1, 0.15) is 5.82 Å². The number of aliphatic hydroxyl groups excluding tert-OH is 1. The molecule has 0 aromatic heterocycles. The zero-order valence-electron chi connectivity index (χ0n) is 8.76. The van der Waals surface area contributed by atoms with Gasteiger partial charge in [0.25, 0.3) is 0 Å². The van der Waals surface area contributed by atoms with Crippen molar-refractivity contribution in [3.63, 3.8) is 0 Å². The molecule has 14 heavy (non-hydrogen) atoms. The van der Waals surface area contributed by atoms with Crippen molar-refractivity contribution in [2.24, 2.45) is 0 Å². The third-order valence-corrected chi connectivity index (χ3v) is 2.40. The SMILES string of the molecule is CNCC(O)c1c(C)ccc(F)c1C. The van der Waals surface area contributed by atoms with Gasteiger partial charge >= 0.3 is 0 Å². The number of nitrogens with one attached hydrogen (secondary N) is 1. The minimum Gasteiger partial charge on any atom is -0.387 e. The van der Waals surface area contributed by atoms with Crippen molar-refractivity contribution in [2.45, 2.75) is 20.0 Å². The first kappa shape index (κ1) is 11.1. The molecule has 0 fully saturated rings. The molecule has 0 aliphatic rings. The molecule has 0 aliphatic carbocycles. The zero-order valence-corrected chi connectivity index (χ0v) is 8.76. The third kappa shape index (κ3) is 2.11. The fourth-order valence-electron chi connectivity index (χ4n) is 1.65. The van der Waals surface area contributed by atoms with Crippen LogP contribution >= 0.6 is 0 Å². The quantitative estimate of drug-likeness (QED) is 0.773. The van der Waals surface area contributed by atoms with Crippen LogP contribution in [-0.2, 0) is 0 Å². The van der Waals surface area contributed by atoms with Gasteiger partial charge in [-0.1, -0.05) is 6.07 Å². The summed E-state index contributed by atoms with van der Waals surface area (Å²) >= 11 is 0. The highest BCUT2D eigenvalue weighted by molar-refractivity contribution is 5.36. The molecule has 0 spiro atoms. The highest BCUT2D eigenvalue weighted by atomic mass is 19.1. The number of benzene rings is 1. The van der Waals surface area contributed by atoms with Crippen LogP contribution in [0.2, 0.25) is 0 Å². The topological polar surface area (TPSA) is 32.3 Å². The van der Waals surface area contributed by atoms with Gasteiger partial charge < -0.3 is 10.4 Å². The van der Waals surface area contributed by atoms with Crippen molar-refractivity contribution in [1.82, 2.24) is 5.32 Å². The third-order valence-electron chi connectivity index (χ3n) is 2.40. The van der Waals surface area contributed by atoms with E-state index >= 15 is 0 Å². The van der Waals surface area contributed by atoms with Gasteiger partial charge in [0.05, 0.1) is 6.10 Å². The summed E-state index contributed by atoms with van der Waals surface area (Å²) in [5.41, 5.74) is 2.15. The summed E-state index contributed by atoms with van der Waals surface area (Å²) in [6.45, 7) is 4.00. The standard InChI is InChI=1S/C11H16FNO/c1-7-4-5-9(12)8(2)11(7)10(14)6-13-3/h4-5,10,13-14H,6H2,1-3H3. The van der Waals surface area contributed by atoms with E-state index in [1.54, 1.807) is 20.0 Å². The fourth-order valence-corrected chi connectivity index (χ4v) is 1.65. The lowest BCUT2D eigenvalue weighted by Gasteiger charge is -2.16. The Labute approximate surface area is 83.8 Å². The second kappa shape index (κ2) is 4.53. The highest BCUT2D eigenvalue weighted by Gasteiger charge is 2.14. The molecule has 0 saturated carbocycles. The molecule has 1 aromatic carbocycles. The van der Waals surface area contributed by atoms with E-state index in [0.29, 0.717) is 17.7 Å². The number of hydrogen-bond donors (Lipinski definition) is 2. The van der Waals surface area contributed by atoms with Gasteiger partial charge in [-0.05, 0) is 43.7 Å². The molecule has 2 nitrogen and oxygen atoms in total. The highest BCUT2D eigenvalue weighted by Crippen LogP contribution is 2.23. The van der Waals surface area contributed by atoms with E-state index in [2.05, 4.69) is 5.32 Å². The van der Waals surface area contributed by atoms with E-state index in [1.165, 1.54) is 6.07 Å². The molecule has 0 aliphatic heterocycles. The van der Waals surface area contributed by atoms with E-state index in [9.17, 15) is 9.50 Å². The fraction of sp³-hybridized carbons (Fsp3) is 0.455. The van der Waals surface area contributed by atoms with Crippen LogP contribution in [0.5, 0.6) is 0 Å². The summed E-state index contributed by atoms with van der Waals surface area (Å²) < 4.78 is 13.2. The maximum atomic E-state index is 13.2. The minimum atomic E-state index is -0.643. The van der Waals surface area contributed by atoms with Crippen LogP contribution in [0.1, 0.15) is 22.8 Å². The average Bonchev–Trinajstić information content (AvgIpc) is 2.13. The molecule has 78 valence electrons. The van der Waals surface area contributed by atoms with Crippen LogP contribution in [0, 0.1) is 19.7 Å². The smallest absolute Gasteiger partial charge is 0.126 e. The number of halogens is 1. The summed E-state index contributed by atoms with van der Waals surface area (Å²) in [6, 6.07) is 3.12. The van der Waals surface area contributed by atoms with Crippen molar-refractivity contribution < 1.29 is 9.50 Å². The number of rotatable bonds is 3. The van der Waals surface area contributed by atoms with Gasteiger partial charge in [-0.15, -0.1) is 0 Å². The predicted molar refractivity (Wildman–Crippen MR) is 54.8 cm³/mol. The summed E-state index contributed by atoms with van der Waals surface area (Å²) in [7, 11) is 1.76. The minimum absolute atomic E-state index is 0.263. The van der Waals surface area contributed by atoms with Gasteiger partial charge in [-0.25, -0.2) is 4.39 Å². The Balaban J connectivity index is 3.11. The maximum absolute atomic E-state index is 13.2. The van der Waals surface area contributed by atoms with Crippen LogP contribution in [0.25, 0.3) is 0 Å². The first-order valence-electron chi connectivity index (χ1n) is 4.66. The first-order valence-corrected chi connectivity index (χ1v) is 4.66. The molecule has 0 heterocycles. The monoisotopic (exact) mass is 197 g/mol. The van der Waals surface area contributed by atoms with Crippen molar-refractivity contribution >= 4 is 0 Å². The second-order valence-corrected chi connectivity index (χ2v) is 3.48. The number of hydrogen-bond acceptors (Lipinski definition) is 2. The molecule has 3 heteroatoms. The van der Waals surface area contributed by atoms with Crippen LogP contribution in [0.3, 0.4) is 0 Å². The molecule has 1 rings (SSSR count). The summed E-state index contributed by atoms with van der Waals surface area (Å²) in [5, 5.41) is 12.6. The first-order chi connectivity index (χ1) is 6.57. The molecular formula is C11H16FNO. The zero-order chi connectivity index (χ0) is 10.7. The van der Waals surface area contributed by atoms with Crippen molar-refractivity contribution in [3.05, 3.63) is 34.6 Å². The predicted octanol–water partition coefficient (Wildman–Crippen LogP) is 1.70. The average molecular weight is 197 g/mol. The Morgan fingerprint density at radius 1 is 1.43 bits per heavy atom. The summed E-state index contributed by atoms with van der Waals surface area (Å²) in [5.74, 6) is -0.263. The van der Waals surface area contributed by atoms with Crippen LogP contribution in [-0.4, -0.2) is 18.7 Å². The molecule has 0 radical (unpaired) electrons. The van der Waals surface area contributed by atoms with Crippen molar-refractivity contribution in [3.8, 4) is 0 Å². The lowest BCUT2D eigenvalue weighted by Crippen LogP contribution is -2.18. The summed E-state index contributed by atoms with van der Waals surface area (Å²) in [4.78, 5) is 0. The molecular weight excluding hydrogens is 181 g/mol. The van der Waals surface area contributed by atoms with Crippen molar-refractivity contribution in [2.75, 3.05) is 13.6 Å². The number of likely N-dealkylation sites (N-methyl/N-ethyl adjacent to an activating group) is 1. The van der Waals surface area contributed by atoms with Gasteiger partial charge in [-0.3, -0.25) is 0 Å². The van der Waals surface area contributed by atoms with E-state index < -0.39 is 6.10 Å². The molecule has 1 atom stereocenters. The molecule has 1 aromatic rings. The Kier molecular flexibility index (Phi) is 3.61. The van der Waals surface area contributed by atoms with Gasteiger partial charge in [0, 0.05) is 6.54 Å². The number of aliphatic hydroxyl groups is 1. The molecule has 0 saturated heterocycles. The maximum Gasteiger partial charge on any atom is 0.126 e. The second-order valence-electron chi connectivity index (χ2n) is 3.48. The molecule has 0 bridgehead atoms. The Morgan fingerprint density at radius 2 is 2.07 bits per heavy atom. The van der Waals surface area contributed by atoms with E-state index in [1.807, 2.05) is 6.92 Å². The van der Waals surface area contributed by atoms with Gasteiger partial charge in [-0.2, -0.15) is 0 Å². The Hall–Kier alpha value is -0.930. The molecule has 2 N–H and O–H groups in total. The normalized spacial score (nSPS) is 12.9. The molecule has 1 unspecified atom stereocenters. The van der Waals surface area contributed by atoms with E-state index in [-0.39, 0.29) is 5.82 Å². The van der Waals surface area contributed by atoms with Crippen LogP contribution in [0.4, 0.5) is 4.39 Å². The molecule has 0 amide bonds. The largest absolute Gasteiger partial charge is 0.387 e. The van der Waals surface area contributed by atoms with Gasteiger partial charge in [0.15, 0.2) is 0 Å². The van der Waals surface area contributed by atoms with E-state index in [4.69, 9.17) is 0 Å². The number of aryl methyl sites for hydroxylation is 1. The summed E-state index contributed by atoms with van der Waals surface area (Å²) in [6.07, 6.45) is -0.643. The van der Waals surface area contributed by atoms with E-state index in [0.717, 1.165) is 5.56 Å².